The number of hydrogen-bond donors (Lipinski definition) is 1. The second-order valence-corrected chi connectivity index (χ2v) is 2.87. The molecule has 3 heteroatoms. The van der Waals surface area contributed by atoms with E-state index in [0.29, 0.717) is 25.7 Å². The Kier molecular flexibility index (Phi) is 2.28. The maximum Gasteiger partial charge on any atom is 0.183 e. The fraction of sp³-hybridized carbons (Fsp3) is 1.00. The highest BCUT2D eigenvalue weighted by Gasteiger charge is 2.38. The second kappa shape index (κ2) is 2.86. The summed E-state index contributed by atoms with van der Waals surface area (Å²) in [7, 11) is 0. The monoisotopic (exact) mass is 145 g/mol. The molecule has 60 valence electrons. The van der Waals surface area contributed by atoms with Crippen LogP contribution in [0.4, 0.5) is 0 Å². The minimum Gasteiger partial charge on any atom is -0.346 e. The molecule has 10 heavy (non-hydrogen) atoms. The first kappa shape index (κ1) is 7.98. The smallest absolute Gasteiger partial charge is 0.183 e. The van der Waals surface area contributed by atoms with E-state index in [1.165, 1.54) is 0 Å². The van der Waals surface area contributed by atoms with Gasteiger partial charge in [-0.3, -0.25) is 0 Å². The van der Waals surface area contributed by atoms with Crippen LogP contribution in [-0.2, 0) is 9.47 Å². The van der Waals surface area contributed by atoms with Crippen molar-refractivity contribution in [2.45, 2.75) is 19.6 Å². The Morgan fingerprint density at radius 3 is 2.10 bits per heavy atom. The highest BCUT2D eigenvalue weighted by molar-refractivity contribution is 4.78. The van der Waals surface area contributed by atoms with Crippen LogP contribution < -0.4 is 5.73 Å². The summed E-state index contributed by atoms with van der Waals surface area (Å²) in [5.74, 6) is -0.153. The first-order valence-corrected chi connectivity index (χ1v) is 3.69. The Morgan fingerprint density at radius 1 is 1.40 bits per heavy atom. The summed E-state index contributed by atoms with van der Waals surface area (Å²) >= 11 is 0. The molecule has 0 aromatic heterocycles. The van der Waals surface area contributed by atoms with Crippen molar-refractivity contribution < 1.29 is 9.47 Å². The Labute approximate surface area is 61.5 Å². The van der Waals surface area contributed by atoms with Crippen molar-refractivity contribution in [2.24, 2.45) is 11.7 Å². The van der Waals surface area contributed by atoms with E-state index in [0.717, 1.165) is 0 Å². The predicted octanol–water partition coefficient (Wildman–Crippen LogP) is 0.344. The lowest BCUT2D eigenvalue weighted by molar-refractivity contribution is -0.179. The van der Waals surface area contributed by atoms with Gasteiger partial charge in [-0.05, 0) is 0 Å². The van der Waals surface area contributed by atoms with Gasteiger partial charge < -0.3 is 15.2 Å². The van der Waals surface area contributed by atoms with Crippen LogP contribution in [0.25, 0.3) is 0 Å². The summed E-state index contributed by atoms with van der Waals surface area (Å²) < 4.78 is 10.8. The third kappa shape index (κ3) is 1.17. The summed E-state index contributed by atoms with van der Waals surface area (Å²) in [6, 6.07) is 0. The molecule has 0 spiro atoms. The Balaban J connectivity index is 2.58. The second-order valence-electron chi connectivity index (χ2n) is 2.87. The van der Waals surface area contributed by atoms with E-state index in [1.807, 2.05) is 0 Å². The average Bonchev–Trinajstić information content (AvgIpc) is 2.35. The molecule has 2 N–H and O–H groups in total. The third-order valence-corrected chi connectivity index (χ3v) is 1.94. The van der Waals surface area contributed by atoms with Crippen molar-refractivity contribution in [1.29, 1.82) is 0 Å². The first-order chi connectivity index (χ1) is 4.71. The quantitative estimate of drug-likeness (QED) is 0.609. The molecule has 0 bridgehead atoms. The minimum atomic E-state index is -0.486. The van der Waals surface area contributed by atoms with Crippen LogP contribution in [-0.4, -0.2) is 25.5 Å². The van der Waals surface area contributed by atoms with Gasteiger partial charge >= 0.3 is 0 Å². The average molecular weight is 145 g/mol. The maximum absolute atomic E-state index is 5.52. The van der Waals surface area contributed by atoms with Crippen LogP contribution in [0, 0.1) is 5.92 Å². The van der Waals surface area contributed by atoms with E-state index in [9.17, 15) is 0 Å². The first-order valence-electron chi connectivity index (χ1n) is 3.69. The van der Waals surface area contributed by atoms with Crippen molar-refractivity contribution in [3.8, 4) is 0 Å². The molecule has 0 amide bonds. The highest BCUT2D eigenvalue weighted by Crippen LogP contribution is 2.26. The fourth-order valence-corrected chi connectivity index (χ4v) is 1.16. The van der Waals surface area contributed by atoms with Crippen molar-refractivity contribution in [1.82, 2.24) is 0 Å². The van der Waals surface area contributed by atoms with E-state index >= 15 is 0 Å². The normalized spacial score (nSPS) is 24.0. The molecule has 1 aliphatic heterocycles. The highest BCUT2D eigenvalue weighted by atomic mass is 16.7. The van der Waals surface area contributed by atoms with E-state index in [2.05, 4.69) is 13.8 Å². The molecular weight excluding hydrogens is 130 g/mol. The predicted molar refractivity (Wildman–Crippen MR) is 38.5 cm³/mol. The number of hydrogen-bond acceptors (Lipinski definition) is 3. The van der Waals surface area contributed by atoms with Gasteiger partial charge in [0.15, 0.2) is 5.79 Å². The van der Waals surface area contributed by atoms with Crippen LogP contribution in [0.5, 0.6) is 0 Å². The lowest BCUT2D eigenvalue weighted by Crippen LogP contribution is -2.43. The van der Waals surface area contributed by atoms with Gasteiger partial charge in [0.25, 0.3) is 0 Å². The Morgan fingerprint density at radius 2 is 1.90 bits per heavy atom. The zero-order chi connectivity index (χ0) is 7.61. The van der Waals surface area contributed by atoms with Crippen LogP contribution >= 0.6 is 0 Å². The maximum atomic E-state index is 5.52. The molecule has 0 aliphatic carbocycles. The zero-order valence-electron chi connectivity index (χ0n) is 6.59. The molecule has 0 saturated carbocycles. The molecule has 1 rings (SSSR count). The SMILES string of the molecule is CC(C)C1(CN)OCCO1. The molecule has 3 nitrogen and oxygen atoms in total. The standard InChI is InChI=1S/C7H15NO2/c1-6(2)7(5-8)9-3-4-10-7/h6H,3-5,8H2,1-2H3. The summed E-state index contributed by atoms with van der Waals surface area (Å²) in [5, 5.41) is 0. The summed E-state index contributed by atoms with van der Waals surface area (Å²) in [4.78, 5) is 0. The van der Waals surface area contributed by atoms with Gasteiger partial charge in [-0.25, -0.2) is 0 Å². The Hall–Kier alpha value is -0.120. The molecule has 0 atom stereocenters. The molecule has 0 aromatic rings. The number of rotatable bonds is 2. The van der Waals surface area contributed by atoms with Gasteiger partial charge in [0, 0.05) is 12.5 Å². The summed E-state index contributed by atoms with van der Waals surface area (Å²) in [5.41, 5.74) is 5.52. The van der Waals surface area contributed by atoms with Gasteiger partial charge in [0.1, 0.15) is 0 Å². The van der Waals surface area contributed by atoms with Crippen molar-refractivity contribution in [2.75, 3.05) is 19.8 Å². The zero-order valence-corrected chi connectivity index (χ0v) is 6.59. The molecule has 0 aromatic carbocycles. The van der Waals surface area contributed by atoms with Crippen LogP contribution in [0.2, 0.25) is 0 Å². The molecular formula is C7H15NO2. The van der Waals surface area contributed by atoms with Crippen molar-refractivity contribution in [3.63, 3.8) is 0 Å². The molecule has 1 fully saturated rings. The van der Waals surface area contributed by atoms with Crippen LogP contribution in [0.3, 0.4) is 0 Å². The lowest BCUT2D eigenvalue weighted by Gasteiger charge is -2.29. The molecule has 0 radical (unpaired) electrons. The fourth-order valence-electron chi connectivity index (χ4n) is 1.16. The van der Waals surface area contributed by atoms with Crippen molar-refractivity contribution >= 4 is 0 Å². The summed E-state index contributed by atoms with van der Waals surface area (Å²) in [6.07, 6.45) is 0. The van der Waals surface area contributed by atoms with Gasteiger partial charge in [-0.2, -0.15) is 0 Å². The van der Waals surface area contributed by atoms with E-state index in [1.54, 1.807) is 0 Å². The minimum absolute atomic E-state index is 0.333. The van der Waals surface area contributed by atoms with E-state index in [4.69, 9.17) is 15.2 Å². The molecule has 1 aliphatic rings. The van der Waals surface area contributed by atoms with E-state index < -0.39 is 5.79 Å². The van der Waals surface area contributed by atoms with Gasteiger partial charge in [0.2, 0.25) is 0 Å². The largest absolute Gasteiger partial charge is 0.346 e. The number of nitrogens with two attached hydrogens (primary N) is 1. The molecule has 1 saturated heterocycles. The van der Waals surface area contributed by atoms with Crippen LogP contribution in [0.15, 0.2) is 0 Å². The van der Waals surface area contributed by atoms with Gasteiger partial charge in [0.05, 0.1) is 13.2 Å². The number of ether oxygens (including phenoxy) is 2. The Bertz CT molecular complexity index is 108. The lowest BCUT2D eigenvalue weighted by atomic mass is 10.0. The van der Waals surface area contributed by atoms with Gasteiger partial charge in [-0.15, -0.1) is 0 Å². The van der Waals surface area contributed by atoms with Crippen LogP contribution in [0.1, 0.15) is 13.8 Å². The van der Waals surface area contributed by atoms with Gasteiger partial charge in [-0.1, -0.05) is 13.8 Å². The topological polar surface area (TPSA) is 44.5 Å². The molecule has 1 heterocycles. The third-order valence-electron chi connectivity index (χ3n) is 1.94. The van der Waals surface area contributed by atoms with Crippen molar-refractivity contribution in [3.05, 3.63) is 0 Å². The van der Waals surface area contributed by atoms with E-state index in [-0.39, 0.29) is 0 Å². The molecule has 0 unspecified atom stereocenters. The summed E-state index contributed by atoms with van der Waals surface area (Å²) in [6.45, 7) is 5.91.